The number of carbonyl (C=O) groups is 2. The fourth-order valence-corrected chi connectivity index (χ4v) is 3.41. The first-order valence-corrected chi connectivity index (χ1v) is 8.78. The van der Waals surface area contributed by atoms with E-state index in [-0.39, 0.29) is 11.8 Å². The predicted octanol–water partition coefficient (Wildman–Crippen LogP) is 1.99. The second-order valence-corrected chi connectivity index (χ2v) is 6.61. The number of amides is 2. The largest absolute Gasteiger partial charge is 0.345 e. The van der Waals surface area contributed by atoms with Crippen molar-refractivity contribution in [2.45, 2.75) is 13.3 Å². The van der Waals surface area contributed by atoms with Crippen LogP contribution < -0.4 is 10.2 Å². The molecule has 0 aliphatic carbocycles. The van der Waals surface area contributed by atoms with E-state index in [1.54, 1.807) is 11.3 Å². The molecule has 7 heteroatoms. The highest BCUT2D eigenvalue weighted by Gasteiger charge is 2.22. The molecule has 0 bridgehead atoms. The van der Waals surface area contributed by atoms with E-state index in [0.717, 1.165) is 42.6 Å². The van der Waals surface area contributed by atoms with Crippen molar-refractivity contribution in [2.75, 3.05) is 36.4 Å². The van der Waals surface area contributed by atoms with E-state index in [9.17, 15) is 9.59 Å². The molecule has 1 aliphatic heterocycles. The lowest BCUT2D eigenvalue weighted by Crippen LogP contribution is -2.49. The predicted molar refractivity (Wildman–Crippen MR) is 95.4 cm³/mol. The number of hydrogen-bond acceptors (Lipinski definition) is 5. The van der Waals surface area contributed by atoms with Crippen molar-refractivity contribution in [3.63, 3.8) is 0 Å². The first-order chi connectivity index (χ1) is 11.6. The van der Waals surface area contributed by atoms with Crippen LogP contribution in [0.5, 0.6) is 0 Å². The number of benzene rings is 1. The average molecular weight is 344 g/mol. The van der Waals surface area contributed by atoms with Gasteiger partial charge in [0.15, 0.2) is 5.13 Å². The minimum absolute atomic E-state index is 0.100. The fourth-order valence-electron chi connectivity index (χ4n) is 2.71. The van der Waals surface area contributed by atoms with Crippen LogP contribution in [-0.4, -0.2) is 47.9 Å². The third-order valence-electron chi connectivity index (χ3n) is 3.95. The normalized spacial score (nSPS) is 14.5. The fraction of sp³-hybridized carbons (Fsp3) is 0.353. The molecule has 1 aliphatic rings. The topological polar surface area (TPSA) is 65.5 Å². The minimum Gasteiger partial charge on any atom is -0.345 e. The highest BCUT2D eigenvalue weighted by atomic mass is 32.1. The molecule has 0 atom stereocenters. The smallest absolute Gasteiger partial charge is 0.227 e. The van der Waals surface area contributed by atoms with Crippen LogP contribution in [0.25, 0.3) is 0 Å². The third kappa shape index (κ3) is 4.11. The third-order valence-corrected chi connectivity index (χ3v) is 4.78. The number of aromatic nitrogens is 1. The van der Waals surface area contributed by atoms with E-state index in [0.29, 0.717) is 6.42 Å². The van der Waals surface area contributed by atoms with Gasteiger partial charge in [-0.05, 0) is 17.7 Å². The summed E-state index contributed by atoms with van der Waals surface area (Å²) >= 11 is 1.63. The molecule has 2 aromatic rings. The monoisotopic (exact) mass is 344 g/mol. The Bertz CT molecular complexity index is 692. The first-order valence-electron chi connectivity index (χ1n) is 7.90. The molecule has 2 heterocycles. The van der Waals surface area contributed by atoms with Crippen LogP contribution in [-0.2, 0) is 16.0 Å². The van der Waals surface area contributed by atoms with Crippen LogP contribution in [0.2, 0.25) is 0 Å². The van der Waals surface area contributed by atoms with Crippen molar-refractivity contribution >= 4 is 34.0 Å². The molecule has 1 saturated heterocycles. The van der Waals surface area contributed by atoms with Gasteiger partial charge in [-0.25, -0.2) is 4.98 Å². The summed E-state index contributed by atoms with van der Waals surface area (Å²) in [5.74, 6) is 0.0398. The van der Waals surface area contributed by atoms with E-state index < -0.39 is 0 Å². The molecule has 24 heavy (non-hydrogen) atoms. The summed E-state index contributed by atoms with van der Waals surface area (Å²) in [5, 5.41) is 5.72. The van der Waals surface area contributed by atoms with Crippen molar-refractivity contribution in [2.24, 2.45) is 0 Å². The maximum Gasteiger partial charge on any atom is 0.227 e. The number of hydrogen-bond donors (Lipinski definition) is 1. The maximum atomic E-state index is 12.4. The Kier molecular flexibility index (Phi) is 5.10. The Morgan fingerprint density at radius 2 is 1.88 bits per heavy atom. The van der Waals surface area contributed by atoms with Crippen molar-refractivity contribution in [3.05, 3.63) is 41.4 Å². The Balaban J connectivity index is 1.51. The van der Waals surface area contributed by atoms with Crippen molar-refractivity contribution in [1.29, 1.82) is 0 Å². The van der Waals surface area contributed by atoms with Crippen molar-refractivity contribution in [1.82, 2.24) is 9.88 Å². The van der Waals surface area contributed by atoms with Gasteiger partial charge in [-0.2, -0.15) is 0 Å². The Morgan fingerprint density at radius 1 is 1.17 bits per heavy atom. The van der Waals surface area contributed by atoms with Gasteiger partial charge in [0.25, 0.3) is 0 Å². The summed E-state index contributed by atoms with van der Waals surface area (Å²) in [5.41, 5.74) is 1.70. The quantitative estimate of drug-likeness (QED) is 0.921. The molecule has 1 aromatic carbocycles. The second kappa shape index (κ2) is 7.44. The molecule has 0 radical (unpaired) electrons. The number of nitrogens with one attached hydrogen (secondary N) is 1. The van der Waals surface area contributed by atoms with Gasteiger partial charge in [0.05, 0.1) is 6.42 Å². The van der Waals surface area contributed by atoms with Crippen LogP contribution in [0, 0.1) is 0 Å². The van der Waals surface area contributed by atoms with E-state index in [1.807, 2.05) is 40.7 Å². The average Bonchev–Trinajstić information content (AvgIpc) is 3.11. The molecule has 1 fully saturated rings. The van der Waals surface area contributed by atoms with Gasteiger partial charge in [0.1, 0.15) is 0 Å². The second-order valence-electron chi connectivity index (χ2n) is 5.74. The summed E-state index contributed by atoms with van der Waals surface area (Å²) in [6.45, 7) is 4.56. The van der Waals surface area contributed by atoms with Gasteiger partial charge in [-0.15, -0.1) is 11.3 Å². The molecule has 0 unspecified atom stereocenters. The Morgan fingerprint density at radius 3 is 2.46 bits per heavy atom. The molecular formula is C17H20N4O2S. The first kappa shape index (κ1) is 16.4. The zero-order valence-corrected chi connectivity index (χ0v) is 14.4. The van der Waals surface area contributed by atoms with E-state index in [2.05, 4.69) is 15.2 Å². The van der Waals surface area contributed by atoms with Crippen LogP contribution in [0.4, 0.5) is 10.8 Å². The zero-order valence-electron chi connectivity index (χ0n) is 13.6. The number of nitrogens with zero attached hydrogens (tertiary/aromatic N) is 3. The summed E-state index contributed by atoms with van der Waals surface area (Å²) in [7, 11) is 0. The highest BCUT2D eigenvalue weighted by Crippen LogP contribution is 2.19. The minimum atomic E-state index is -0.100. The van der Waals surface area contributed by atoms with Gasteiger partial charge in [0.2, 0.25) is 11.8 Å². The summed E-state index contributed by atoms with van der Waals surface area (Å²) in [6, 6.07) is 7.42. The number of anilines is 2. The van der Waals surface area contributed by atoms with Crippen molar-refractivity contribution < 1.29 is 9.59 Å². The summed E-state index contributed by atoms with van der Waals surface area (Å²) in [4.78, 5) is 31.9. The lowest BCUT2D eigenvalue weighted by molar-refractivity contribution is -0.130. The molecule has 2 amide bonds. The lowest BCUT2D eigenvalue weighted by Gasteiger charge is -2.34. The van der Waals surface area contributed by atoms with Gasteiger partial charge >= 0.3 is 0 Å². The van der Waals surface area contributed by atoms with Gasteiger partial charge in [-0.1, -0.05) is 12.1 Å². The van der Waals surface area contributed by atoms with E-state index in [1.165, 1.54) is 6.92 Å². The molecule has 1 aromatic heterocycles. The van der Waals surface area contributed by atoms with Gasteiger partial charge < -0.3 is 15.1 Å². The summed E-state index contributed by atoms with van der Waals surface area (Å²) < 4.78 is 0. The van der Waals surface area contributed by atoms with Crippen molar-refractivity contribution in [3.8, 4) is 0 Å². The maximum absolute atomic E-state index is 12.4. The molecular weight excluding hydrogens is 324 g/mol. The van der Waals surface area contributed by atoms with E-state index >= 15 is 0 Å². The Hall–Kier alpha value is -2.41. The zero-order chi connectivity index (χ0) is 16.9. The SMILES string of the molecule is CC(=O)Nc1ccc(CC(=O)N2CCN(c3nccs3)CC2)cc1. The van der Waals surface area contributed by atoms with Crippen LogP contribution in [0.3, 0.4) is 0 Å². The molecule has 6 nitrogen and oxygen atoms in total. The number of rotatable bonds is 4. The number of piperazine rings is 1. The molecule has 0 saturated carbocycles. The molecule has 3 rings (SSSR count). The van der Waals surface area contributed by atoms with Crippen LogP contribution in [0.1, 0.15) is 12.5 Å². The number of thiazole rings is 1. The number of carbonyl (C=O) groups excluding carboxylic acids is 2. The molecule has 1 N–H and O–H groups in total. The summed E-state index contributed by atoms with van der Waals surface area (Å²) in [6.07, 6.45) is 2.19. The standard InChI is InChI=1S/C17H20N4O2S/c1-13(22)19-15-4-2-14(3-5-15)12-16(23)20-7-9-21(10-8-20)17-18-6-11-24-17/h2-6,11H,7-10,12H2,1H3,(H,19,22). The molecule has 126 valence electrons. The van der Waals surface area contributed by atoms with E-state index in [4.69, 9.17) is 0 Å². The Labute approximate surface area is 145 Å². The van der Waals surface area contributed by atoms with Gasteiger partial charge in [0, 0.05) is 50.4 Å². The lowest BCUT2D eigenvalue weighted by atomic mass is 10.1. The van der Waals surface area contributed by atoms with Gasteiger partial charge in [-0.3, -0.25) is 9.59 Å². The van der Waals surface area contributed by atoms with Crippen LogP contribution >= 0.6 is 11.3 Å². The van der Waals surface area contributed by atoms with Crippen LogP contribution in [0.15, 0.2) is 35.8 Å². The molecule has 0 spiro atoms. The highest BCUT2D eigenvalue weighted by molar-refractivity contribution is 7.13.